The van der Waals surface area contributed by atoms with E-state index >= 15 is 0 Å². The maximum absolute atomic E-state index is 3.72. The number of rotatable bonds is 2. The molecule has 0 fully saturated rings. The smallest absolute Gasteiger partial charge is 0.0842 e. The van der Waals surface area contributed by atoms with Gasteiger partial charge >= 0.3 is 0 Å². The molecule has 0 amide bonds. The summed E-state index contributed by atoms with van der Waals surface area (Å²) in [6, 6.07) is 22.0. The fraction of sp³-hybridized carbons (Fsp3) is 0.176. The molecule has 0 N–H and O–H groups in total. The van der Waals surface area contributed by atoms with Crippen LogP contribution in [0.4, 0.5) is 0 Å². The molecule has 1 aliphatic heterocycles. The van der Waals surface area contributed by atoms with Gasteiger partial charge in [-0.05, 0) is 36.8 Å². The summed E-state index contributed by atoms with van der Waals surface area (Å²) < 4.78 is 0. The Hall–Kier alpha value is -0.910. The van der Waals surface area contributed by atoms with Gasteiger partial charge in [0, 0.05) is 4.83 Å². The second kappa shape index (κ2) is 5.61. The van der Waals surface area contributed by atoms with Crippen LogP contribution >= 0.6 is 23.2 Å². The standard InChI is InChI=1S/C17H17BrP/c18-15-11-13-19(14-12-15,16-7-3-1-4-8-16)17-9-5-2-6-10-17/h1-11,13,15H,12,14H2/q+1. The van der Waals surface area contributed by atoms with E-state index in [-0.39, 0.29) is 0 Å². The summed E-state index contributed by atoms with van der Waals surface area (Å²) in [6.45, 7) is 0. The van der Waals surface area contributed by atoms with Crippen molar-refractivity contribution in [3.05, 3.63) is 72.6 Å². The van der Waals surface area contributed by atoms with E-state index < -0.39 is 7.26 Å². The third-order valence-corrected chi connectivity index (χ3v) is 8.59. The Morgan fingerprint density at radius 3 is 1.79 bits per heavy atom. The van der Waals surface area contributed by atoms with Crippen LogP contribution in [-0.4, -0.2) is 11.0 Å². The van der Waals surface area contributed by atoms with E-state index in [0.29, 0.717) is 4.83 Å². The summed E-state index contributed by atoms with van der Waals surface area (Å²) in [4.78, 5) is 0.535. The molecule has 0 radical (unpaired) electrons. The molecule has 0 bridgehead atoms. The molecule has 3 rings (SSSR count). The van der Waals surface area contributed by atoms with Gasteiger partial charge in [-0.2, -0.15) is 0 Å². The zero-order valence-electron chi connectivity index (χ0n) is 10.7. The maximum atomic E-state index is 3.72. The van der Waals surface area contributed by atoms with E-state index in [4.69, 9.17) is 0 Å². The van der Waals surface area contributed by atoms with Crippen LogP contribution in [0.5, 0.6) is 0 Å². The minimum absolute atomic E-state index is 0.535. The van der Waals surface area contributed by atoms with Crippen molar-refractivity contribution >= 4 is 33.8 Å². The van der Waals surface area contributed by atoms with Gasteiger partial charge in [0.25, 0.3) is 0 Å². The van der Waals surface area contributed by atoms with E-state index in [9.17, 15) is 0 Å². The summed E-state index contributed by atoms with van der Waals surface area (Å²) in [5, 5.41) is 2.99. The first-order chi connectivity index (χ1) is 9.31. The quantitative estimate of drug-likeness (QED) is 0.567. The zero-order chi connectivity index (χ0) is 13.1. The molecule has 0 aliphatic carbocycles. The molecule has 2 aromatic rings. The molecule has 0 saturated heterocycles. The first kappa shape index (κ1) is 13.1. The predicted octanol–water partition coefficient (Wildman–Crippen LogP) is 4.34. The Kier molecular flexibility index (Phi) is 3.86. The highest BCUT2D eigenvalue weighted by Crippen LogP contribution is 2.60. The van der Waals surface area contributed by atoms with Crippen molar-refractivity contribution in [1.29, 1.82) is 0 Å². The van der Waals surface area contributed by atoms with Crippen molar-refractivity contribution in [3.8, 4) is 0 Å². The predicted molar refractivity (Wildman–Crippen MR) is 90.4 cm³/mol. The van der Waals surface area contributed by atoms with Gasteiger partial charge in [0.15, 0.2) is 0 Å². The highest BCUT2D eigenvalue weighted by Gasteiger charge is 2.42. The van der Waals surface area contributed by atoms with Gasteiger partial charge in [-0.25, -0.2) is 0 Å². The van der Waals surface area contributed by atoms with E-state index in [0.717, 1.165) is 0 Å². The highest BCUT2D eigenvalue weighted by atomic mass is 79.9. The SMILES string of the molecule is BrC1C=C[P+](c2ccccc2)(c2ccccc2)CC1. The maximum Gasteiger partial charge on any atom is 0.104 e. The topological polar surface area (TPSA) is 0 Å². The molecular formula is C17H17BrP+. The Morgan fingerprint density at radius 2 is 1.37 bits per heavy atom. The largest absolute Gasteiger partial charge is 0.104 e. The molecule has 1 unspecified atom stereocenters. The molecule has 1 heterocycles. The molecule has 19 heavy (non-hydrogen) atoms. The monoisotopic (exact) mass is 331 g/mol. The molecule has 0 nitrogen and oxygen atoms in total. The summed E-state index contributed by atoms with van der Waals surface area (Å²) >= 11 is 3.72. The number of halogens is 1. The fourth-order valence-electron chi connectivity index (χ4n) is 2.71. The summed E-state index contributed by atoms with van der Waals surface area (Å²) in [5.41, 5.74) is 0. The van der Waals surface area contributed by atoms with Gasteiger partial charge in [-0.3, -0.25) is 0 Å². The lowest BCUT2D eigenvalue weighted by Crippen LogP contribution is -2.26. The highest BCUT2D eigenvalue weighted by molar-refractivity contribution is 9.09. The first-order valence-corrected chi connectivity index (χ1v) is 9.60. The zero-order valence-corrected chi connectivity index (χ0v) is 13.2. The van der Waals surface area contributed by atoms with E-state index in [2.05, 4.69) is 88.5 Å². The van der Waals surface area contributed by atoms with Crippen molar-refractivity contribution < 1.29 is 0 Å². The van der Waals surface area contributed by atoms with Crippen LogP contribution in [0.25, 0.3) is 0 Å². The minimum Gasteiger partial charge on any atom is -0.0842 e. The van der Waals surface area contributed by atoms with Crippen LogP contribution in [0, 0.1) is 0 Å². The molecule has 2 aromatic carbocycles. The van der Waals surface area contributed by atoms with Crippen LogP contribution in [0.3, 0.4) is 0 Å². The van der Waals surface area contributed by atoms with Crippen molar-refractivity contribution in [1.82, 2.24) is 0 Å². The number of hydrogen-bond acceptors (Lipinski definition) is 0. The normalized spacial score (nSPS) is 21.2. The lowest BCUT2D eigenvalue weighted by Gasteiger charge is -2.27. The number of allylic oxidation sites excluding steroid dienone is 1. The number of benzene rings is 2. The van der Waals surface area contributed by atoms with Gasteiger partial charge in [0.05, 0.1) is 12.0 Å². The van der Waals surface area contributed by atoms with Crippen LogP contribution in [0.15, 0.2) is 72.6 Å². The van der Waals surface area contributed by atoms with Gasteiger partial charge in [0.2, 0.25) is 0 Å². The van der Waals surface area contributed by atoms with Crippen molar-refractivity contribution in [2.24, 2.45) is 0 Å². The van der Waals surface area contributed by atoms with Gasteiger partial charge in [-0.1, -0.05) is 52.3 Å². The Labute approximate surface area is 124 Å². The number of hydrogen-bond donors (Lipinski definition) is 0. The molecule has 2 heteroatoms. The third kappa shape index (κ3) is 2.55. The second-order valence-electron chi connectivity index (χ2n) is 4.91. The van der Waals surface area contributed by atoms with Crippen LogP contribution in [0.1, 0.15) is 6.42 Å². The molecule has 0 aromatic heterocycles. The molecule has 0 spiro atoms. The van der Waals surface area contributed by atoms with Gasteiger partial charge in [-0.15, -0.1) is 0 Å². The third-order valence-electron chi connectivity index (χ3n) is 3.74. The molecular weight excluding hydrogens is 315 g/mol. The molecule has 96 valence electrons. The second-order valence-corrected chi connectivity index (χ2v) is 9.60. The van der Waals surface area contributed by atoms with Crippen molar-refractivity contribution in [2.45, 2.75) is 11.2 Å². The summed E-state index contributed by atoms with van der Waals surface area (Å²) in [7, 11) is -1.34. The first-order valence-electron chi connectivity index (χ1n) is 6.64. The van der Waals surface area contributed by atoms with Crippen LogP contribution < -0.4 is 10.6 Å². The lowest BCUT2D eigenvalue weighted by molar-refractivity contribution is 0.988. The van der Waals surface area contributed by atoms with Crippen molar-refractivity contribution in [2.75, 3.05) is 6.16 Å². The van der Waals surface area contributed by atoms with E-state index in [1.807, 2.05) is 0 Å². The fourth-order valence-corrected chi connectivity index (χ4v) is 7.58. The van der Waals surface area contributed by atoms with Gasteiger partial charge < -0.3 is 0 Å². The lowest BCUT2D eigenvalue weighted by atomic mass is 10.3. The van der Waals surface area contributed by atoms with E-state index in [1.54, 1.807) is 0 Å². The Balaban J connectivity index is 2.15. The molecule has 1 aliphatic rings. The Bertz CT molecular complexity index is 523. The Morgan fingerprint density at radius 1 is 0.842 bits per heavy atom. The average Bonchev–Trinajstić information content (AvgIpc) is 2.50. The van der Waals surface area contributed by atoms with Gasteiger partial charge in [0.1, 0.15) is 17.9 Å². The molecule has 0 saturated carbocycles. The van der Waals surface area contributed by atoms with Crippen LogP contribution in [0.2, 0.25) is 0 Å². The number of alkyl halides is 1. The minimum atomic E-state index is -1.34. The van der Waals surface area contributed by atoms with Crippen molar-refractivity contribution in [3.63, 3.8) is 0 Å². The van der Waals surface area contributed by atoms with E-state index in [1.165, 1.54) is 23.2 Å². The molecule has 1 atom stereocenters. The summed E-state index contributed by atoms with van der Waals surface area (Å²) in [6.07, 6.45) is 4.82. The summed E-state index contributed by atoms with van der Waals surface area (Å²) in [5.74, 6) is 2.49. The van der Waals surface area contributed by atoms with Crippen LogP contribution in [-0.2, 0) is 0 Å². The average molecular weight is 332 g/mol.